The van der Waals surface area contributed by atoms with E-state index < -0.39 is 6.10 Å². The second-order valence-corrected chi connectivity index (χ2v) is 4.89. The van der Waals surface area contributed by atoms with Crippen LogP contribution in [-0.4, -0.2) is 18.1 Å². The number of hydrogen-bond acceptors (Lipinski definition) is 3. The third-order valence-corrected chi connectivity index (χ3v) is 3.30. The van der Waals surface area contributed by atoms with Gasteiger partial charge in [-0.05, 0) is 17.7 Å². The van der Waals surface area contributed by atoms with Gasteiger partial charge in [0.05, 0.1) is 18.9 Å². The monoisotopic (exact) mass is 297 g/mol. The van der Waals surface area contributed by atoms with Gasteiger partial charge in [0.25, 0.3) is 5.91 Å². The molecule has 4 heteroatoms. The van der Waals surface area contributed by atoms with E-state index in [1.54, 1.807) is 25.3 Å². The first-order chi connectivity index (χ1) is 10.6. The summed E-state index contributed by atoms with van der Waals surface area (Å²) in [6.45, 7) is 3.76. The molecule has 0 aromatic heterocycles. The van der Waals surface area contributed by atoms with Crippen LogP contribution in [0.25, 0.3) is 0 Å². The Morgan fingerprint density at radius 2 is 1.82 bits per heavy atom. The van der Waals surface area contributed by atoms with E-state index in [0.29, 0.717) is 17.0 Å². The highest BCUT2D eigenvalue weighted by Gasteiger charge is 2.15. The van der Waals surface area contributed by atoms with Gasteiger partial charge in [-0.3, -0.25) is 4.79 Å². The number of ether oxygens (including phenoxy) is 1. The van der Waals surface area contributed by atoms with Crippen molar-refractivity contribution < 1.29 is 14.6 Å². The molecular weight excluding hydrogens is 278 g/mol. The Hall–Kier alpha value is -2.59. The van der Waals surface area contributed by atoms with Crippen molar-refractivity contribution in [2.75, 3.05) is 12.4 Å². The van der Waals surface area contributed by atoms with Crippen LogP contribution in [0.4, 0.5) is 5.69 Å². The minimum atomic E-state index is -0.753. The number of nitrogens with one attached hydrogen (secondary N) is 1. The minimum Gasteiger partial charge on any atom is -0.495 e. The number of carbonyl (C=O) groups is 1. The molecule has 2 N–H and O–H groups in total. The van der Waals surface area contributed by atoms with Crippen LogP contribution in [0.1, 0.15) is 18.1 Å². The molecule has 2 rings (SSSR count). The van der Waals surface area contributed by atoms with Crippen molar-refractivity contribution in [1.29, 1.82) is 0 Å². The van der Waals surface area contributed by atoms with Gasteiger partial charge in [0.15, 0.2) is 0 Å². The van der Waals surface area contributed by atoms with Crippen LogP contribution < -0.4 is 10.1 Å². The zero-order chi connectivity index (χ0) is 15.9. The van der Waals surface area contributed by atoms with E-state index in [1.807, 2.05) is 36.4 Å². The molecule has 0 saturated carbocycles. The number of benzene rings is 2. The number of amides is 1. The lowest BCUT2D eigenvalue weighted by Crippen LogP contribution is -2.16. The van der Waals surface area contributed by atoms with Crippen LogP contribution in [0.5, 0.6) is 5.75 Å². The molecule has 2 aromatic carbocycles. The Kier molecular flexibility index (Phi) is 5.33. The minimum absolute atomic E-state index is 0.172. The Labute approximate surface area is 130 Å². The molecule has 0 aliphatic heterocycles. The first kappa shape index (κ1) is 15.8. The van der Waals surface area contributed by atoms with E-state index >= 15 is 0 Å². The number of para-hydroxylation sites is 2. The average Bonchev–Trinajstić information content (AvgIpc) is 2.56. The van der Waals surface area contributed by atoms with Crippen molar-refractivity contribution in [3.05, 3.63) is 72.3 Å². The molecule has 0 heterocycles. The molecule has 22 heavy (non-hydrogen) atoms. The molecule has 1 atom stereocenters. The highest BCUT2D eigenvalue weighted by molar-refractivity contribution is 6.04. The van der Waals surface area contributed by atoms with Gasteiger partial charge < -0.3 is 15.2 Å². The van der Waals surface area contributed by atoms with Crippen molar-refractivity contribution in [1.82, 2.24) is 0 Å². The zero-order valence-corrected chi connectivity index (χ0v) is 12.5. The summed E-state index contributed by atoms with van der Waals surface area (Å²) in [5.74, 6) is 0.242. The summed E-state index contributed by atoms with van der Waals surface area (Å²) in [6.07, 6.45) is -0.581. The summed E-state index contributed by atoms with van der Waals surface area (Å²) in [4.78, 5) is 12.2. The summed E-state index contributed by atoms with van der Waals surface area (Å²) in [6, 6.07) is 16.3. The maximum Gasteiger partial charge on any atom is 0.251 e. The molecule has 2 aromatic rings. The SMILES string of the molecule is C=C(C[C@H](O)c1ccccc1)C(=O)Nc1ccccc1OC. The number of methoxy groups -OCH3 is 1. The van der Waals surface area contributed by atoms with Gasteiger partial charge in [0.2, 0.25) is 0 Å². The Bertz CT molecular complexity index is 652. The molecule has 0 unspecified atom stereocenters. The zero-order valence-electron chi connectivity index (χ0n) is 12.5. The third-order valence-electron chi connectivity index (χ3n) is 3.30. The Morgan fingerprint density at radius 1 is 1.18 bits per heavy atom. The van der Waals surface area contributed by atoms with Crippen LogP contribution in [-0.2, 0) is 4.79 Å². The number of rotatable bonds is 6. The summed E-state index contributed by atoms with van der Waals surface area (Å²) < 4.78 is 5.18. The maximum atomic E-state index is 12.2. The normalized spacial score (nSPS) is 11.5. The van der Waals surface area contributed by atoms with Crippen molar-refractivity contribution in [3.63, 3.8) is 0 Å². The smallest absolute Gasteiger partial charge is 0.251 e. The number of aliphatic hydroxyl groups is 1. The van der Waals surface area contributed by atoms with Gasteiger partial charge in [0.1, 0.15) is 5.75 Å². The van der Waals surface area contributed by atoms with Crippen LogP contribution in [0.15, 0.2) is 66.7 Å². The van der Waals surface area contributed by atoms with E-state index in [2.05, 4.69) is 11.9 Å². The standard InChI is InChI=1S/C18H19NO3/c1-13(12-16(20)14-8-4-3-5-9-14)18(21)19-15-10-6-7-11-17(15)22-2/h3-11,16,20H,1,12H2,2H3,(H,19,21)/t16-/m0/s1. The van der Waals surface area contributed by atoms with Crippen molar-refractivity contribution >= 4 is 11.6 Å². The van der Waals surface area contributed by atoms with Gasteiger partial charge in [0, 0.05) is 12.0 Å². The lowest BCUT2D eigenvalue weighted by Gasteiger charge is -2.14. The molecule has 0 bridgehead atoms. The first-order valence-corrected chi connectivity index (χ1v) is 6.97. The average molecular weight is 297 g/mol. The van der Waals surface area contributed by atoms with Crippen LogP contribution in [0, 0.1) is 0 Å². The number of hydrogen-bond donors (Lipinski definition) is 2. The molecule has 0 fully saturated rings. The first-order valence-electron chi connectivity index (χ1n) is 6.97. The van der Waals surface area contributed by atoms with Crippen LogP contribution >= 0.6 is 0 Å². The highest BCUT2D eigenvalue weighted by atomic mass is 16.5. The van der Waals surface area contributed by atoms with Gasteiger partial charge >= 0.3 is 0 Å². The van der Waals surface area contributed by atoms with Gasteiger partial charge in [-0.15, -0.1) is 0 Å². The fourth-order valence-corrected chi connectivity index (χ4v) is 2.08. The maximum absolute atomic E-state index is 12.2. The molecule has 0 radical (unpaired) electrons. The fraction of sp³-hybridized carbons (Fsp3) is 0.167. The molecule has 0 spiro atoms. The summed E-state index contributed by atoms with van der Waals surface area (Å²) in [5.41, 5.74) is 1.64. The van der Waals surface area contributed by atoms with E-state index in [9.17, 15) is 9.90 Å². The lowest BCUT2D eigenvalue weighted by atomic mass is 10.0. The highest BCUT2D eigenvalue weighted by Crippen LogP contribution is 2.25. The van der Waals surface area contributed by atoms with Crippen LogP contribution in [0.3, 0.4) is 0 Å². The van der Waals surface area contributed by atoms with Crippen molar-refractivity contribution in [3.8, 4) is 5.75 Å². The summed E-state index contributed by atoms with van der Waals surface area (Å²) in [7, 11) is 1.54. The topological polar surface area (TPSA) is 58.6 Å². The van der Waals surface area contributed by atoms with Crippen LogP contribution in [0.2, 0.25) is 0 Å². The summed E-state index contributed by atoms with van der Waals surface area (Å²) in [5, 5.41) is 12.9. The second kappa shape index (κ2) is 7.43. The largest absolute Gasteiger partial charge is 0.495 e. The Morgan fingerprint density at radius 3 is 2.50 bits per heavy atom. The Balaban J connectivity index is 1.99. The predicted octanol–water partition coefficient (Wildman–Crippen LogP) is 3.31. The number of anilines is 1. The number of aliphatic hydroxyl groups excluding tert-OH is 1. The molecule has 0 aliphatic rings. The fourth-order valence-electron chi connectivity index (χ4n) is 2.08. The second-order valence-electron chi connectivity index (χ2n) is 4.89. The van der Waals surface area contributed by atoms with E-state index in [-0.39, 0.29) is 12.3 Å². The third kappa shape index (κ3) is 3.96. The molecule has 1 amide bonds. The van der Waals surface area contributed by atoms with Crippen molar-refractivity contribution in [2.45, 2.75) is 12.5 Å². The van der Waals surface area contributed by atoms with Gasteiger partial charge in [-0.2, -0.15) is 0 Å². The molecule has 4 nitrogen and oxygen atoms in total. The van der Waals surface area contributed by atoms with E-state index in [4.69, 9.17) is 4.74 Å². The molecule has 114 valence electrons. The lowest BCUT2D eigenvalue weighted by molar-refractivity contribution is -0.113. The van der Waals surface area contributed by atoms with Crippen molar-refractivity contribution in [2.24, 2.45) is 0 Å². The van der Waals surface area contributed by atoms with E-state index in [0.717, 1.165) is 5.56 Å². The van der Waals surface area contributed by atoms with E-state index in [1.165, 1.54) is 0 Å². The number of carbonyl (C=O) groups excluding carboxylic acids is 1. The van der Waals surface area contributed by atoms with Gasteiger partial charge in [-0.1, -0.05) is 49.0 Å². The quantitative estimate of drug-likeness (QED) is 0.804. The predicted molar refractivity (Wildman–Crippen MR) is 86.8 cm³/mol. The molecule has 0 saturated heterocycles. The summed E-state index contributed by atoms with van der Waals surface area (Å²) >= 11 is 0. The molecule has 0 aliphatic carbocycles. The van der Waals surface area contributed by atoms with Gasteiger partial charge in [-0.25, -0.2) is 0 Å². The molecular formula is C18H19NO3.